The van der Waals surface area contributed by atoms with Gasteiger partial charge in [0.05, 0.1) is 17.1 Å². The quantitative estimate of drug-likeness (QED) is 0.281. The molecule has 1 aliphatic rings. The molecule has 179 valence electrons. The molecule has 0 amide bonds. The van der Waals surface area contributed by atoms with E-state index in [0.29, 0.717) is 24.6 Å². The van der Waals surface area contributed by atoms with Crippen molar-refractivity contribution in [1.82, 2.24) is 9.55 Å². The van der Waals surface area contributed by atoms with E-state index in [4.69, 9.17) is 21.3 Å². The van der Waals surface area contributed by atoms with Crippen molar-refractivity contribution >= 4 is 39.4 Å². The Balaban J connectivity index is 1.36. The van der Waals surface area contributed by atoms with E-state index in [1.165, 1.54) is 0 Å². The van der Waals surface area contributed by atoms with Crippen LogP contribution < -0.4 is 4.74 Å². The molecule has 6 rings (SSSR count). The highest BCUT2D eigenvalue weighted by molar-refractivity contribution is 6.30. The van der Waals surface area contributed by atoms with E-state index < -0.39 is 11.9 Å². The summed E-state index contributed by atoms with van der Waals surface area (Å²) in [5, 5.41) is 12.8. The van der Waals surface area contributed by atoms with Crippen molar-refractivity contribution in [2.45, 2.75) is 31.9 Å². The molecule has 36 heavy (non-hydrogen) atoms. The zero-order valence-electron chi connectivity index (χ0n) is 19.5. The Morgan fingerprint density at radius 3 is 2.72 bits per heavy atom. The molecule has 2 aromatic heterocycles. The number of aliphatic carboxylic acids is 1. The van der Waals surface area contributed by atoms with Crippen molar-refractivity contribution in [3.05, 3.63) is 113 Å². The summed E-state index contributed by atoms with van der Waals surface area (Å²) in [6, 6.07) is 25.8. The van der Waals surface area contributed by atoms with Gasteiger partial charge in [-0.15, -0.1) is 0 Å². The maximum Gasteiger partial charge on any atom is 0.312 e. The van der Waals surface area contributed by atoms with Crippen LogP contribution >= 0.6 is 11.6 Å². The molecule has 0 fully saturated rings. The summed E-state index contributed by atoms with van der Waals surface area (Å²) >= 11 is 6.08. The number of hydrogen-bond donors (Lipinski definition) is 1. The van der Waals surface area contributed by atoms with Crippen molar-refractivity contribution < 1.29 is 14.6 Å². The average Bonchev–Trinajstić information content (AvgIpc) is 3.21. The molecule has 0 saturated carbocycles. The summed E-state index contributed by atoms with van der Waals surface area (Å²) in [5.74, 6) is -0.632. The van der Waals surface area contributed by atoms with Gasteiger partial charge in [0.2, 0.25) is 0 Å². The Kier molecular flexibility index (Phi) is 5.86. The molecule has 0 saturated heterocycles. The molecule has 2 heterocycles. The van der Waals surface area contributed by atoms with Crippen LogP contribution in [-0.4, -0.2) is 20.6 Å². The van der Waals surface area contributed by atoms with Gasteiger partial charge in [0.15, 0.2) is 0 Å². The third-order valence-electron chi connectivity index (χ3n) is 6.86. The first-order chi connectivity index (χ1) is 17.6. The molecule has 1 N–H and O–H groups in total. The summed E-state index contributed by atoms with van der Waals surface area (Å²) < 4.78 is 8.29. The minimum Gasteiger partial charge on any atom is -0.487 e. The number of fused-ring (bicyclic) bond motifs is 4. The number of halogens is 1. The molecule has 0 bridgehead atoms. The normalized spacial score (nSPS) is 15.2. The largest absolute Gasteiger partial charge is 0.487 e. The lowest BCUT2D eigenvalue weighted by Gasteiger charge is -2.22. The topological polar surface area (TPSA) is 64.3 Å². The van der Waals surface area contributed by atoms with Crippen LogP contribution in [0.5, 0.6) is 5.75 Å². The summed E-state index contributed by atoms with van der Waals surface area (Å²) in [6.45, 7) is 0.932. The van der Waals surface area contributed by atoms with E-state index in [9.17, 15) is 9.90 Å². The van der Waals surface area contributed by atoms with Gasteiger partial charge in [0.25, 0.3) is 0 Å². The maximum atomic E-state index is 12.2. The Labute approximate surface area is 213 Å². The van der Waals surface area contributed by atoms with Crippen LogP contribution in [-0.2, 0) is 24.4 Å². The van der Waals surface area contributed by atoms with Crippen LogP contribution in [0.1, 0.15) is 34.9 Å². The molecular formula is C30H24ClN2O3. The summed E-state index contributed by atoms with van der Waals surface area (Å²) in [6.07, 6.45) is 3.33. The molecule has 1 atom stereocenters. The lowest BCUT2D eigenvalue weighted by Crippen LogP contribution is -2.21. The first-order valence-corrected chi connectivity index (χ1v) is 12.4. The molecule has 0 aliphatic heterocycles. The van der Waals surface area contributed by atoms with Crippen LogP contribution in [0, 0.1) is 6.42 Å². The smallest absolute Gasteiger partial charge is 0.312 e. The molecule has 1 aliphatic carbocycles. The predicted octanol–water partition coefficient (Wildman–Crippen LogP) is 6.79. The number of carboxylic acid groups (broad SMARTS) is 1. The number of ether oxygens (including phenoxy) is 1. The minimum atomic E-state index is -0.800. The first-order valence-electron chi connectivity index (χ1n) is 12.0. The van der Waals surface area contributed by atoms with Gasteiger partial charge in [-0.25, -0.2) is 4.98 Å². The highest BCUT2D eigenvalue weighted by Crippen LogP contribution is 2.40. The number of pyridine rings is 1. The number of hydrogen-bond acceptors (Lipinski definition) is 3. The Morgan fingerprint density at radius 1 is 1.06 bits per heavy atom. The van der Waals surface area contributed by atoms with Crippen LogP contribution in [0.15, 0.2) is 78.9 Å². The monoisotopic (exact) mass is 495 g/mol. The summed E-state index contributed by atoms with van der Waals surface area (Å²) in [4.78, 5) is 16.9. The number of aromatic nitrogens is 2. The molecular weight excluding hydrogens is 472 g/mol. The Hall–Kier alpha value is -3.83. The fraction of sp³-hybridized carbons (Fsp3) is 0.167. The maximum absolute atomic E-state index is 12.2. The fourth-order valence-corrected chi connectivity index (χ4v) is 5.26. The number of rotatable bonds is 6. The van der Waals surface area contributed by atoms with Crippen molar-refractivity contribution in [3.8, 4) is 5.75 Å². The molecule has 3 aromatic carbocycles. The highest BCUT2D eigenvalue weighted by Gasteiger charge is 2.32. The van der Waals surface area contributed by atoms with Crippen molar-refractivity contribution in [2.24, 2.45) is 0 Å². The number of benzene rings is 3. The van der Waals surface area contributed by atoms with Gasteiger partial charge in [0.1, 0.15) is 12.4 Å². The lowest BCUT2D eigenvalue weighted by atomic mass is 9.86. The zero-order valence-corrected chi connectivity index (χ0v) is 20.3. The average molecular weight is 496 g/mol. The van der Waals surface area contributed by atoms with Crippen LogP contribution in [0.4, 0.5) is 0 Å². The first kappa shape index (κ1) is 22.6. The van der Waals surface area contributed by atoms with E-state index >= 15 is 0 Å². The van der Waals surface area contributed by atoms with Crippen molar-refractivity contribution in [3.63, 3.8) is 0 Å². The van der Waals surface area contributed by atoms with Gasteiger partial charge in [-0.2, -0.15) is 0 Å². The second-order valence-electron chi connectivity index (χ2n) is 9.16. The molecule has 1 unspecified atom stereocenters. The Morgan fingerprint density at radius 2 is 1.89 bits per heavy atom. The van der Waals surface area contributed by atoms with Gasteiger partial charge >= 0.3 is 5.97 Å². The number of carbonyl (C=O) groups is 1. The fourth-order valence-electron chi connectivity index (χ4n) is 5.14. The highest BCUT2D eigenvalue weighted by atomic mass is 35.5. The Bertz CT molecular complexity index is 1590. The summed E-state index contributed by atoms with van der Waals surface area (Å²) in [5.41, 5.74) is 5.82. The van der Waals surface area contributed by atoms with Crippen LogP contribution in [0.3, 0.4) is 0 Å². The molecule has 5 nitrogen and oxygen atoms in total. The van der Waals surface area contributed by atoms with E-state index in [2.05, 4.69) is 17.1 Å². The van der Waals surface area contributed by atoms with Crippen molar-refractivity contribution in [2.75, 3.05) is 0 Å². The minimum absolute atomic E-state index is 0.355. The van der Waals surface area contributed by atoms with E-state index in [1.807, 2.05) is 72.8 Å². The molecule has 5 aromatic rings. The molecule has 6 heteroatoms. The lowest BCUT2D eigenvalue weighted by molar-refractivity contribution is -0.139. The van der Waals surface area contributed by atoms with Crippen molar-refractivity contribution in [1.29, 1.82) is 0 Å². The van der Waals surface area contributed by atoms with Gasteiger partial charge in [-0.3, -0.25) is 4.79 Å². The van der Waals surface area contributed by atoms with Crippen LogP contribution in [0.2, 0.25) is 5.02 Å². The van der Waals surface area contributed by atoms with Gasteiger partial charge in [0, 0.05) is 33.6 Å². The van der Waals surface area contributed by atoms with Gasteiger partial charge in [-0.05, 0) is 72.9 Å². The molecule has 0 spiro atoms. The number of carboxylic acids is 1. The van der Waals surface area contributed by atoms with E-state index in [0.717, 1.165) is 56.5 Å². The van der Waals surface area contributed by atoms with Gasteiger partial charge in [-0.1, -0.05) is 48.0 Å². The van der Waals surface area contributed by atoms with Crippen LogP contribution in [0.25, 0.3) is 21.8 Å². The molecule has 1 radical (unpaired) electrons. The van der Waals surface area contributed by atoms with E-state index in [-0.39, 0.29) is 0 Å². The summed E-state index contributed by atoms with van der Waals surface area (Å²) in [7, 11) is 0. The second-order valence-corrected chi connectivity index (χ2v) is 9.60. The number of para-hydroxylation sites is 1. The predicted molar refractivity (Wildman–Crippen MR) is 142 cm³/mol. The second kappa shape index (κ2) is 9.32. The zero-order chi connectivity index (χ0) is 24.6. The standard InChI is InChI=1S/C30H24ClN2O3/c31-21-11-8-19(9-12-21)17-33-28-15-14-23(16-26(28)24-5-3-6-25(29(24)33)30(34)35)36-18-22-13-10-20-4-1-2-7-27(20)32-22/h1-4,7-16,25H,5-6,17-18H2,(H,34,35). The third-order valence-corrected chi connectivity index (χ3v) is 7.11. The number of nitrogens with zero attached hydrogens (tertiary/aromatic N) is 2. The third kappa shape index (κ3) is 4.20. The van der Waals surface area contributed by atoms with E-state index in [1.54, 1.807) is 0 Å². The van der Waals surface area contributed by atoms with Gasteiger partial charge < -0.3 is 14.4 Å². The SMILES string of the molecule is O=C(O)C1C[CH]Cc2c1n(Cc1ccc(Cl)cc1)c1ccc(OCc3ccc4ccccc4n3)cc21.